The first-order valence-electron chi connectivity index (χ1n) is 10.2. The molecule has 0 aliphatic rings. The molecule has 5 heteroatoms. The third kappa shape index (κ3) is 4.95. The molecule has 0 heterocycles. The Bertz CT molecular complexity index is 946. The molecule has 0 aliphatic heterocycles. The van der Waals surface area contributed by atoms with Gasteiger partial charge in [-0.05, 0) is 49.1 Å². The van der Waals surface area contributed by atoms with Gasteiger partial charge in [0.1, 0.15) is 5.75 Å². The number of rotatable bonds is 9. The monoisotopic (exact) mass is 420 g/mol. The summed E-state index contributed by atoms with van der Waals surface area (Å²) in [6, 6.07) is 22.4. The topological polar surface area (TPSA) is 76.0 Å². The minimum atomic E-state index is -1.78. The van der Waals surface area contributed by atoms with Gasteiger partial charge in [0, 0.05) is 0 Å². The first kappa shape index (κ1) is 22.5. The van der Waals surface area contributed by atoms with E-state index in [2.05, 4.69) is 0 Å². The molecule has 0 amide bonds. The summed E-state index contributed by atoms with van der Waals surface area (Å²) in [5.41, 5.74) is 2.72. The predicted molar refractivity (Wildman–Crippen MR) is 119 cm³/mol. The highest BCUT2D eigenvalue weighted by atomic mass is 16.5. The van der Waals surface area contributed by atoms with Crippen molar-refractivity contribution in [1.82, 2.24) is 0 Å². The van der Waals surface area contributed by atoms with E-state index < -0.39 is 17.7 Å². The first-order chi connectivity index (χ1) is 14.9. The first-order valence-corrected chi connectivity index (χ1v) is 10.2. The van der Waals surface area contributed by atoms with Gasteiger partial charge in [0.15, 0.2) is 11.7 Å². The maximum atomic E-state index is 12.0. The van der Waals surface area contributed by atoms with Crippen LogP contribution in [-0.4, -0.2) is 36.0 Å². The molecule has 0 radical (unpaired) electrons. The van der Waals surface area contributed by atoms with Gasteiger partial charge in [0.05, 0.1) is 13.7 Å². The van der Waals surface area contributed by atoms with E-state index in [1.807, 2.05) is 86.6 Å². The van der Waals surface area contributed by atoms with E-state index in [4.69, 9.17) is 9.47 Å². The third-order valence-corrected chi connectivity index (χ3v) is 5.46. The molecule has 1 atom stereocenters. The molecule has 3 rings (SSSR count). The number of carboxylic acid groups (broad SMARTS) is 1. The average molecular weight is 421 g/mol. The van der Waals surface area contributed by atoms with Crippen LogP contribution in [0.3, 0.4) is 0 Å². The Morgan fingerprint density at radius 2 is 1.35 bits per heavy atom. The van der Waals surface area contributed by atoms with Gasteiger partial charge in [-0.15, -0.1) is 0 Å². The largest absolute Gasteiger partial charge is 0.497 e. The fourth-order valence-corrected chi connectivity index (χ4v) is 3.63. The highest BCUT2D eigenvalue weighted by Crippen LogP contribution is 2.38. The van der Waals surface area contributed by atoms with Gasteiger partial charge >= 0.3 is 5.97 Å². The minimum Gasteiger partial charge on any atom is -0.497 e. The molecule has 0 fully saturated rings. The zero-order valence-corrected chi connectivity index (χ0v) is 18.0. The van der Waals surface area contributed by atoms with Crippen LogP contribution in [0.1, 0.15) is 27.8 Å². The zero-order valence-electron chi connectivity index (χ0n) is 18.0. The third-order valence-electron chi connectivity index (χ3n) is 5.46. The average Bonchev–Trinajstić information content (AvgIpc) is 2.78. The molecule has 1 unspecified atom stereocenters. The summed E-state index contributed by atoms with van der Waals surface area (Å²) < 4.78 is 11.5. The normalized spacial score (nSPS) is 12.4. The summed E-state index contributed by atoms with van der Waals surface area (Å²) in [6.07, 6.45) is -1.23. The van der Waals surface area contributed by atoms with Gasteiger partial charge in [0.25, 0.3) is 0 Å². The van der Waals surface area contributed by atoms with Crippen molar-refractivity contribution in [3.8, 4) is 5.75 Å². The van der Waals surface area contributed by atoms with Crippen LogP contribution in [0.4, 0.5) is 0 Å². The van der Waals surface area contributed by atoms with Crippen molar-refractivity contribution in [2.75, 3.05) is 13.7 Å². The second-order valence-electron chi connectivity index (χ2n) is 7.66. The quantitative estimate of drug-likeness (QED) is 0.541. The lowest BCUT2D eigenvalue weighted by atomic mass is 9.80. The number of aliphatic hydroxyl groups is 1. The molecule has 2 N–H and O–H groups in total. The van der Waals surface area contributed by atoms with Crippen LogP contribution in [0.5, 0.6) is 5.75 Å². The van der Waals surface area contributed by atoms with Crippen molar-refractivity contribution >= 4 is 5.97 Å². The summed E-state index contributed by atoms with van der Waals surface area (Å²) in [4.78, 5) is 12.0. The summed E-state index contributed by atoms with van der Waals surface area (Å²) in [5.74, 6) is -0.578. The van der Waals surface area contributed by atoms with Crippen molar-refractivity contribution < 1.29 is 24.5 Å². The molecule has 0 aromatic heterocycles. The molecule has 0 bridgehead atoms. The number of benzene rings is 3. The molecule has 162 valence electrons. The van der Waals surface area contributed by atoms with Crippen LogP contribution in [0, 0.1) is 13.8 Å². The van der Waals surface area contributed by atoms with E-state index in [1.165, 1.54) is 0 Å². The second-order valence-corrected chi connectivity index (χ2v) is 7.66. The van der Waals surface area contributed by atoms with E-state index in [0.717, 1.165) is 22.4 Å². The maximum absolute atomic E-state index is 12.0. The fraction of sp³-hybridized carbons (Fsp3) is 0.269. The lowest BCUT2D eigenvalue weighted by molar-refractivity contribution is -0.167. The van der Waals surface area contributed by atoms with E-state index in [1.54, 1.807) is 7.11 Å². The number of methoxy groups -OCH3 is 1. The smallest absolute Gasteiger partial charge is 0.336 e. The number of aryl methyl sites for hydroxylation is 2. The Kier molecular flexibility index (Phi) is 7.10. The number of carbonyl (C=O) groups is 1. The van der Waals surface area contributed by atoms with Crippen molar-refractivity contribution in [3.05, 3.63) is 101 Å². The van der Waals surface area contributed by atoms with Gasteiger partial charge in [-0.2, -0.15) is 0 Å². The molecule has 31 heavy (non-hydrogen) atoms. The van der Waals surface area contributed by atoms with Crippen molar-refractivity contribution in [2.24, 2.45) is 0 Å². The molecule has 0 aliphatic carbocycles. The Balaban J connectivity index is 2.00. The summed E-state index contributed by atoms with van der Waals surface area (Å²) in [6.45, 7) is 4.13. The van der Waals surface area contributed by atoms with Crippen LogP contribution in [-0.2, 0) is 21.6 Å². The van der Waals surface area contributed by atoms with E-state index in [-0.39, 0.29) is 6.61 Å². The van der Waals surface area contributed by atoms with Crippen LogP contribution < -0.4 is 4.74 Å². The van der Waals surface area contributed by atoms with Crippen LogP contribution in [0.2, 0.25) is 0 Å². The van der Waals surface area contributed by atoms with Gasteiger partial charge in [-0.1, -0.05) is 71.8 Å². The summed E-state index contributed by atoms with van der Waals surface area (Å²) in [7, 11) is 1.61. The maximum Gasteiger partial charge on any atom is 0.336 e. The van der Waals surface area contributed by atoms with Crippen LogP contribution >= 0.6 is 0 Å². The summed E-state index contributed by atoms with van der Waals surface area (Å²) >= 11 is 0. The highest BCUT2D eigenvalue weighted by Gasteiger charge is 2.46. The number of hydrogen-bond acceptors (Lipinski definition) is 4. The van der Waals surface area contributed by atoms with E-state index in [0.29, 0.717) is 17.5 Å². The van der Waals surface area contributed by atoms with Crippen molar-refractivity contribution in [3.63, 3.8) is 0 Å². The van der Waals surface area contributed by atoms with Crippen LogP contribution in [0.15, 0.2) is 72.8 Å². The van der Waals surface area contributed by atoms with Gasteiger partial charge < -0.3 is 19.7 Å². The molecule has 5 nitrogen and oxygen atoms in total. The van der Waals surface area contributed by atoms with Crippen molar-refractivity contribution in [2.45, 2.75) is 32.0 Å². The number of aliphatic hydroxyl groups excluding tert-OH is 1. The molecule has 0 saturated carbocycles. The molecular formula is C26H28O5. The molecule has 0 spiro atoms. The fourth-order valence-electron chi connectivity index (χ4n) is 3.63. The van der Waals surface area contributed by atoms with Gasteiger partial charge in [-0.25, -0.2) is 4.79 Å². The van der Waals surface area contributed by atoms with E-state index >= 15 is 0 Å². The number of hydrogen-bond donors (Lipinski definition) is 2. The number of carboxylic acids is 1. The predicted octanol–water partition coefficient (Wildman–Crippen LogP) is 4.26. The second kappa shape index (κ2) is 9.77. The summed E-state index contributed by atoms with van der Waals surface area (Å²) in [5, 5.41) is 20.7. The number of aliphatic carboxylic acids is 1. The van der Waals surface area contributed by atoms with Gasteiger partial charge in [-0.3, -0.25) is 0 Å². The van der Waals surface area contributed by atoms with Gasteiger partial charge in [0.2, 0.25) is 0 Å². The van der Waals surface area contributed by atoms with Crippen LogP contribution in [0.25, 0.3) is 0 Å². The standard InChI is InChI=1S/C26H28O5/c1-18-4-10-21(11-5-18)26(24(27)25(28)29,22-12-6-19(2)7-13-22)31-17-16-20-8-14-23(30-3)15-9-20/h4-15,24,27H,16-17H2,1-3H3,(H,28,29). The molecule has 3 aromatic rings. The molecule has 3 aromatic carbocycles. The Morgan fingerprint density at radius 1 is 0.871 bits per heavy atom. The minimum absolute atomic E-state index is 0.221. The molecular weight excluding hydrogens is 392 g/mol. The molecule has 0 saturated heterocycles. The zero-order chi connectivity index (χ0) is 22.4. The number of ether oxygens (including phenoxy) is 2. The highest BCUT2D eigenvalue weighted by molar-refractivity contribution is 5.75. The van der Waals surface area contributed by atoms with E-state index in [9.17, 15) is 15.0 Å². The SMILES string of the molecule is COc1ccc(CCOC(c2ccc(C)cc2)(c2ccc(C)cc2)C(O)C(=O)O)cc1. The Hall–Kier alpha value is -3.15. The van der Waals surface area contributed by atoms with Crippen molar-refractivity contribution in [1.29, 1.82) is 0 Å². The lowest BCUT2D eigenvalue weighted by Crippen LogP contribution is -2.48. The Labute approximate surface area is 182 Å². The lowest BCUT2D eigenvalue weighted by Gasteiger charge is -2.37. The Morgan fingerprint density at radius 3 is 1.77 bits per heavy atom.